The minimum Gasteiger partial charge on any atom is -0.299 e. The van der Waals surface area contributed by atoms with Crippen molar-refractivity contribution in [2.24, 2.45) is 5.41 Å². The van der Waals surface area contributed by atoms with Crippen molar-refractivity contribution < 1.29 is 4.79 Å². The maximum atomic E-state index is 11.7. The first-order chi connectivity index (χ1) is 8.08. The first-order valence-corrected chi connectivity index (χ1v) is 6.10. The van der Waals surface area contributed by atoms with E-state index in [0.29, 0.717) is 0 Å². The van der Waals surface area contributed by atoms with Gasteiger partial charge in [0.2, 0.25) is 0 Å². The number of carbonyl (C=O) groups excluding carboxylic acids is 1. The van der Waals surface area contributed by atoms with Crippen LogP contribution in [0.15, 0.2) is 37.1 Å². The Kier molecular flexibility index (Phi) is 5.08. The fourth-order valence-corrected chi connectivity index (χ4v) is 1.85. The molecule has 0 amide bonds. The van der Waals surface area contributed by atoms with Gasteiger partial charge in [0, 0.05) is 17.3 Å². The molecule has 0 aliphatic rings. The molecule has 0 saturated carbocycles. The summed E-state index contributed by atoms with van der Waals surface area (Å²) in [7, 11) is 0. The minimum atomic E-state index is -0.244. The second kappa shape index (κ2) is 6.33. The summed E-state index contributed by atoms with van der Waals surface area (Å²) in [4.78, 5) is 16.0. The fourth-order valence-electron chi connectivity index (χ4n) is 1.85. The number of allylic oxidation sites excluding steroid dienone is 1. The van der Waals surface area contributed by atoms with Crippen molar-refractivity contribution in [2.45, 2.75) is 39.5 Å². The Balaban J connectivity index is 2.61. The first kappa shape index (κ1) is 13.6. The highest BCUT2D eigenvalue weighted by Gasteiger charge is 2.28. The molecule has 2 heteroatoms. The largest absolute Gasteiger partial charge is 0.299 e. The zero-order chi connectivity index (χ0) is 12.7. The van der Waals surface area contributed by atoms with E-state index < -0.39 is 0 Å². The molecule has 2 nitrogen and oxygen atoms in total. The number of hydrogen-bond acceptors (Lipinski definition) is 2. The Labute approximate surface area is 104 Å². The summed E-state index contributed by atoms with van der Waals surface area (Å²) in [6.45, 7) is 7.44. The topological polar surface area (TPSA) is 30.0 Å². The lowest BCUT2D eigenvalue weighted by Gasteiger charge is -2.26. The smallest absolute Gasteiger partial charge is 0.135 e. The number of nitrogens with zero attached hydrogens (tertiary/aromatic N) is 1. The Bertz CT molecular complexity index is 372. The Morgan fingerprint density at radius 2 is 2.24 bits per heavy atom. The van der Waals surface area contributed by atoms with Gasteiger partial charge < -0.3 is 0 Å². The highest BCUT2D eigenvalue weighted by atomic mass is 16.1. The summed E-state index contributed by atoms with van der Waals surface area (Å²) in [6, 6.07) is 5.90. The summed E-state index contributed by atoms with van der Waals surface area (Å²) < 4.78 is 0. The number of aromatic nitrogens is 1. The van der Waals surface area contributed by atoms with Crippen molar-refractivity contribution in [2.75, 3.05) is 0 Å². The second-order valence-electron chi connectivity index (χ2n) is 4.77. The van der Waals surface area contributed by atoms with Crippen molar-refractivity contribution in [1.29, 1.82) is 0 Å². The Morgan fingerprint density at radius 1 is 1.47 bits per heavy atom. The number of Topliss-reactive ketones (excluding diaryl/α,β-unsaturated/α-hetero) is 1. The van der Waals surface area contributed by atoms with Gasteiger partial charge >= 0.3 is 0 Å². The van der Waals surface area contributed by atoms with Crippen molar-refractivity contribution in [3.8, 4) is 0 Å². The molecule has 92 valence electrons. The predicted octanol–water partition coefficient (Wildman–Crippen LogP) is 3.58. The summed E-state index contributed by atoms with van der Waals surface area (Å²) in [5.41, 5.74) is 0.810. The van der Waals surface area contributed by atoms with Crippen LogP contribution >= 0.6 is 0 Å². The van der Waals surface area contributed by atoms with Gasteiger partial charge in [-0.05, 0) is 44.7 Å². The fraction of sp³-hybridized carbons (Fsp3) is 0.467. The highest BCUT2D eigenvalue weighted by molar-refractivity contribution is 5.81. The van der Waals surface area contributed by atoms with Crippen LogP contribution in [0.1, 0.15) is 38.8 Å². The molecule has 0 spiro atoms. The monoisotopic (exact) mass is 231 g/mol. The van der Waals surface area contributed by atoms with Crippen LogP contribution in [0.2, 0.25) is 0 Å². The molecule has 0 saturated heterocycles. The van der Waals surface area contributed by atoms with E-state index in [4.69, 9.17) is 0 Å². The molecule has 0 aliphatic carbocycles. The number of hydrogen-bond donors (Lipinski definition) is 0. The maximum absolute atomic E-state index is 11.7. The van der Waals surface area contributed by atoms with Crippen molar-refractivity contribution in [3.05, 3.63) is 42.7 Å². The van der Waals surface area contributed by atoms with Gasteiger partial charge in [0.15, 0.2) is 0 Å². The molecule has 0 aliphatic heterocycles. The number of ketones is 1. The normalized spacial score (nSPS) is 14.0. The molecule has 0 radical (unpaired) electrons. The molecule has 0 aromatic carbocycles. The quantitative estimate of drug-likeness (QED) is 0.671. The highest BCUT2D eigenvalue weighted by Crippen LogP contribution is 2.30. The third-order valence-corrected chi connectivity index (χ3v) is 3.41. The van der Waals surface area contributed by atoms with Gasteiger partial charge in [-0.3, -0.25) is 9.78 Å². The van der Waals surface area contributed by atoms with E-state index in [0.717, 1.165) is 31.4 Å². The van der Waals surface area contributed by atoms with Crippen molar-refractivity contribution in [1.82, 2.24) is 4.98 Å². The number of carbonyl (C=O) groups is 1. The molecule has 0 bridgehead atoms. The molecular weight excluding hydrogens is 210 g/mol. The van der Waals surface area contributed by atoms with Crippen LogP contribution in [0.3, 0.4) is 0 Å². The average molecular weight is 231 g/mol. The third kappa shape index (κ3) is 4.14. The summed E-state index contributed by atoms with van der Waals surface area (Å²) in [5, 5.41) is 0. The molecule has 17 heavy (non-hydrogen) atoms. The summed E-state index contributed by atoms with van der Waals surface area (Å²) >= 11 is 0. The summed E-state index contributed by atoms with van der Waals surface area (Å²) in [6.07, 6.45) is 7.14. The Morgan fingerprint density at radius 3 is 2.76 bits per heavy atom. The molecule has 0 N–H and O–H groups in total. The van der Waals surface area contributed by atoms with Crippen LogP contribution in [-0.2, 0) is 11.2 Å². The van der Waals surface area contributed by atoms with Crippen LogP contribution in [0, 0.1) is 5.41 Å². The van der Waals surface area contributed by atoms with Crippen molar-refractivity contribution >= 4 is 5.78 Å². The molecule has 0 fully saturated rings. The van der Waals surface area contributed by atoms with Crippen LogP contribution in [0.25, 0.3) is 0 Å². The van der Waals surface area contributed by atoms with E-state index in [2.05, 4.69) is 11.6 Å². The van der Waals surface area contributed by atoms with E-state index in [1.54, 1.807) is 13.1 Å². The van der Waals surface area contributed by atoms with Gasteiger partial charge in [0.1, 0.15) is 5.78 Å². The Hall–Kier alpha value is -1.44. The zero-order valence-electron chi connectivity index (χ0n) is 10.8. The van der Waals surface area contributed by atoms with E-state index in [1.807, 2.05) is 31.2 Å². The standard InChI is InChI=1S/C15H21NO/c1-4-5-10-15(3,13(2)17)11-9-14-8-6-7-12-16-14/h4,6-8,12H,1,5,9-11H2,2-3H3. The molecule has 1 unspecified atom stereocenters. The lowest BCUT2D eigenvalue weighted by atomic mass is 9.77. The summed E-state index contributed by atoms with van der Waals surface area (Å²) in [5.74, 6) is 0.260. The van der Waals surface area contributed by atoms with Crippen LogP contribution in [0.5, 0.6) is 0 Å². The predicted molar refractivity (Wildman–Crippen MR) is 70.8 cm³/mol. The van der Waals surface area contributed by atoms with E-state index in [1.165, 1.54) is 0 Å². The van der Waals surface area contributed by atoms with E-state index in [-0.39, 0.29) is 11.2 Å². The lowest BCUT2D eigenvalue weighted by Crippen LogP contribution is -2.26. The first-order valence-electron chi connectivity index (χ1n) is 6.10. The zero-order valence-corrected chi connectivity index (χ0v) is 10.8. The van der Waals surface area contributed by atoms with Gasteiger partial charge in [-0.15, -0.1) is 6.58 Å². The lowest BCUT2D eigenvalue weighted by molar-refractivity contribution is -0.126. The van der Waals surface area contributed by atoms with E-state index >= 15 is 0 Å². The van der Waals surface area contributed by atoms with Gasteiger partial charge in [-0.1, -0.05) is 19.1 Å². The van der Waals surface area contributed by atoms with Gasteiger partial charge in [0.25, 0.3) is 0 Å². The minimum absolute atomic E-state index is 0.244. The van der Waals surface area contributed by atoms with Crippen LogP contribution < -0.4 is 0 Å². The average Bonchev–Trinajstić information content (AvgIpc) is 2.35. The molecule has 1 atom stereocenters. The second-order valence-corrected chi connectivity index (χ2v) is 4.77. The van der Waals surface area contributed by atoms with Crippen LogP contribution in [-0.4, -0.2) is 10.8 Å². The SMILES string of the molecule is C=CCCC(C)(CCc1ccccn1)C(C)=O. The van der Waals surface area contributed by atoms with Gasteiger partial charge in [-0.2, -0.15) is 0 Å². The molecule has 1 aromatic heterocycles. The van der Waals surface area contributed by atoms with Gasteiger partial charge in [0.05, 0.1) is 0 Å². The van der Waals surface area contributed by atoms with Crippen molar-refractivity contribution in [3.63, 3.8) is 0 Å². The number of pyridine rings is 1. The number of aryl methyl sites for hydroxylation is 1. The van der Waals surface area contributed by atoms with E-state index in [9.17, 15) is 4.79 Å². The maximum Gasteiger partial charge on any atom is 0.135 e. The number of rotatable bonds is 7. The molecule has 1 heterocycles. The van der Waals surface area contributed by atoms with Crippen LogP contribution in [0.4, 0.5) is 0 Å². The van der Waals surface area contributed by atoms with Gasteiger partial charge in [-0.25, -0.2) is 0 Å². The molecular formula is C15H21NO. The third-order valence-electron chi connectivity index (χ3n) is 3.41. The molecule has 1 rings (SSSR count). The molecule has 1 aromatic rings.